The number of likely N-dealkylation sites (N-methyl/N-ethyl adjacent to an activating group) is 1. The number of hydrogen-bond acceptors (Lipinski definition) is 6. The highest BCUT2D eigenvalue weighted by molar-refractivity contribution is 5.80. The number of aromatic amines is 1. The van der Waals surface area contributed by atoms with Crippen molar-refractivity contribution in [1.29, 1.82) is 0 Å². The van der Waals surface area contributed by atoms with Crippen LogP contribution in [-0.2, 0) is 24.2 Å². The molecule has 4 aromatic rings. The van der Waals surface area contributed by atoms with Gasteiger partial charge in [-0.3, -0.25) is 23.7 Å². The quantitative estimate of drug-likeness (QED) is 0.326. The van der Waals surface area contributed by atoms with Crippen LogP contribution in [0.3, 0.4) is 0 Å². The lowest BCUT2D eigenvalue weighted by molar-refractivity contribution is -0.130. The van der Waals surface area contributed by atoms with Crippen LogP contribution in [0.5, 0.6) is 0 Å². The molecule has 2 aromatic carbocycles. The molecular weight excluding hydrogens is 494 g/mol. The lowest BCUT2D eigenvalue weighted by Gasteiger charge is -2.22. The Bertz CT molecular complexity index is 1560. The van der Waals surface area contributed by atoms with Gasteiger partial charge in [0.15, 0.2) is 5.82 Å². The zero-order valence-corrected chi connectivity index (χ0v) is 23.2. The Labute approximate surface area is 227 Å². The van der Waals surface area contributed by atoms with Gasteiger partial charge < -0.3 is 4.90 Å². The molecule has 0 fully saturated rings. The van der Waals surface area contributed by atoms with Gasteiger partial charge in [0.05, 0.1) is 13.0 Å². The van der Waals surface area contributed by atoms with E-state index in [0.29, 0.717) is 30.0 Å². The Morgan fingerprint density at radius 1 is 1.08 bits per heavy atom. The van der Waals surface area contributed by atoms with E-state index in [4.69, 9.17) is 4.98 Å². The first-order chi connectivity index (χ1) is 18.7. The molecule has 1 amide bonds. The second kappa shape index (κ2) is 12.1. The number of aromatic nitrogens is 4. The molecule has 204 valence electrons. The minimum Gasteiger partial charge on any atom is -0.343 e. The van der Waals surface area contributed by atoms with Crippen LogP contribution in [0.15, 0.2) is 62.6 Å². The molecule has 0 radical (unpaired) electrons. The number of H-pyrrole nitrogens is 1. The van der Waals surface area contributed by atoms with Crippen molar-refractivity contribution in [1.82, 2.24) is 24.6 Å². The monoisotopic (exact) mass is 529 g/mol. The molecule has 9 nitrogen and oxygen atoms in total. The fraction of sp³-hybridized carbons (Fsp3) is 0.367. The van der Waals surface area contributed by atoms with Crippen LogP contribution < -0.4 is 11.3 Å². The van der Waals surface area contributed by atoms with Crippen molar-refractivity contribution in [2.75, 3.05) is 7.05 Å². The maximum atomic E-state index is 13.7. The van der Waals surface area contributed by atoms with Crippen LogP contribution in [0.25, 0.3) is 22.5 Å². The molecule has 39 heavy (non-hydrogen) atoms. The number of benzene rings is 2. The first-order valence-electron chi connectivity index (χ1n) is 13.3. The summed E-state index contributed by atoms with van der Waals surface area (Å²) in [5.74, 6) is 0.388. The first-order valence-corrected chi connectivity index (χ1v) is 13.3. The highest BCUT2D eigenvalue weighted by atomic mass is 16.5. The normalized spacial score (nSPS) is 11.2. The highest BCUT2D eigenvalue weighted by Gasteiger charge is 2.20. The standard InChI is InChI=1S/C30H35N5O4/c1-6-7-12-26-31-20(4)25(17-27(36)34(5)19(2)3)29(37)35(26)18-21-13-15-22(16-14-21)23-10-8-9-11-24(23)28-32-30(38)39-33-28/h8-11,13-16,19H,6-7,12,17-18H2,1-5H3,(H,32,33,38). The molecule has 0 saturated carbocycles. The van der Waals surface area contributed by atoms with Crippen LogP contribution in [0.2, 0.25) is 0 Å². The molecule has 4 rings (SSSR count). The average Bonchev–Trinajstić information content (AvgIpc) is 3.37. The van der Waals surface area contributed by atoms with E-state index in [1.54, 1.807) is 16.5 Å². The van der Waals surface area contributed by atoms with Crippen LogP contribution >= 0.6 is 0 Å². The second-order valence-electron chi connectivity index (χ2n) is 10.0. The minimum atomic E-state index is -0.608. The van der Waals surface area contributed by atoms with Gasteiger partial charge in [0.25, 0.3) is 5.56 Å². The van der Waals surface area contributed by atoms with E-state index in [2.05, 4.69) is 21.6 Å². The van der Waals surface area contributed by atoms with E-state index >= 15 is 0 Å². The van der Waals surface area contributed by atoms with Crippen LogP contribution in [0.1, 0.15) is 56.3 Å². The molecule has 2 heterocycles. The van der Waals surface area contributed by atoms with Gasteiger partial charge in [0.2, 0.25) is 5.91 Å². The zero-order valence-electron chi connectivity index (χ0n) is 23.2. The number of carbonyl (C=O) groups is 1. The van der Waals surface area contributed by atoms with E-state index in [0.717, 1.165) is 40.9 Å². The van der Waals surface area contributed by atoms with Gasteiger partial charge in [-0.15, -0.1) is 0 Å². The largest absolute Gasteiger partial charge is 0.439 e. The van der Waals surface area contributed by atoms with Crippen molar-refractivity contribution >= 4 is 5.91 Å². The highest BCUT2D eigenvalue weighted by Crippen LogP contribution is 2.30. The third-order valence-electron chi connectivity index (χ3n) is 7.03. The lowest BCUT2D eigenvalue weighted by Crippen LogP contribution is -2.37. The SMILES string of the molecule is CCCCc1nc(C)c(CC(=O)N(C)C(C)C)c(=O)n1Cc1ccc(-c2ccccc2-c2noc(=O)[nH]2)cc1. The minimum absolute atomic E-state index is 0.0280. The topological polar surface area (TPSA) is 114 Å². The van der Waals surface area contributed by atoms with E-state index < -0.39 is 5.76 Å². The summed E-state index contributed by atoms with van der Waals surface area (Å²) in [4.78, 5) is 47.0. The van der Waals surface area contributed by atoms with Crippen molar-refractivity contribution in [2.24, 2.45) is 0 Å². The van der Waals surface area contributed by atoms with Gasteiger partial charge in [-0.05, 0) is 43.9 Å². The van der Waals surface area contributed by atoms with Gasteiger partial charge in [-0.25, -0.2) is 9.78 Å². The van der Waals surface area contributed by atoms with E-state index in [-0.39, 0.29) is 23.9 Å². The summed E-state index contributed by atoms with van der Waals surface area (Å²) in [6.07, 6.45) is 2.62. The number of hydrogen-bond donors (Lipinski definition) is 1. The molecule has 0 aliphatic heterocycles. The average molecular weight is 530 g/mol. The Morgan fingerprint density at radius 2 is 1.77 bits per heavy atom. The number of rotatable bonds is 10. The Morgan fingerprint density at radius 3 is 2.38 bits per heavy atom. The maximum Gasteiger partial charge on any atom is 0.439 e. The Hall–Kier alpha value is -4.27. The van der Waals surface area contributed by atoms with Crippen LogP contribution in [-0.4, -0.2) is 43.6 Å². The number of carbonyl (C=O) groups excluding carboxylic acids is 1. The smallest absolute Gasteiger partial charge is 0.343 e. The van der Waals surface area contributed by atoms with E-state index in [1.165, 1.54) is 0 Å². The molecule has 0 spiro atoms. The summed E-state index contributed by atoms with van der Waals surface area (Å²) in [7, 11) is 1.75. The third kappa shape index (κ3) is 6.25. The number of amides is 1. The second-order valence-corrected chi connectivity index (χ2v) is 10.0. The van der Waals surface area contributed by atoms with Crippen LogP contribution in [0.4, 0.5) is 0 Å². The molecule has 1 N–H and O–H groups in total. The van der Waals surface area contributed by atoms with Gasteiger partial charge in [0.1, 0.15) is 5.82 Å². The number of nitrogens with one attached hydrogen (secondary N) is 1. The molecule has 2 aromatic heterocycles. The van der Waals surface area contributed by atoms with E-state index in [9.17, 15) is 14.4 Å². The molecular formula is C30H35N5O4. The molecule has 9 heteroatoms. The predicted octanol–water partition coefficient (Wildman–Crippen LogP) is 4.36. The molecule has 0 atom stereocenters. The van der Waals surface area contributed by atoms with E-state index in [1.807, 2.05) is 69.3 Å². The summed E-state index contributed by atoms with van der Waals surface area (Å²) < 4.78 is 6.40. The fourth-order valence-electron chi connectivity index (χ4n) is 4.47. The summed E-state index contributed by atoms with van der Waals surface area (Å²) in [5, 5.41) is 3.83. The van der Waals surface area contributed by atoms with Gasteiger partial charge in [-0.2, -0.15) is 0 Å². The Kier molecular flexibility index (Phi) is 8.59. The number of unbranched alkanes of at least 4 members (excludes halogenated alkanes) is 1. The van der Waals surface area contributed by atoms with Crippen molar-refractivity contribution in [3.63, 3.8) is 0 Å². The fourth-order valence-corrected chi connectivity index (χ4v) is 4.47. The first kappa shape index (κ1) is 27.8. The molecule has 0 aliphatic carbocycles. The number of nitrogens with zero attached hydrogens (tertiary/aromatic N) is 4. The lowest BCUT2D eigenvalue weighted by atomic mass is 9.98. The van der Waals surface area contributed by atoms with Gasteiger partial charge in [-0.1, -0.05) is 67.0 Å². The third-order valence-corrected chi connectivity index (χ3v) is 7.03. The summed E-state index contributed by atoms with van der Waals surface area (Å²) in [6.45, 7) is 8.16. The number of aryl methyl sites for hydroxylation is 2. The predicted molar refractivity (Wildman–Crippen MR) is 151 cm³/mol. The molecule has 0 unspecified atom stereocenters. The summed E-state index contributed by atoms with van der Waals surface area (Å²) in [6, 6.07) is 15.6. The van der Waals surface area contributed by atoms with Crippen molar-refractivity contribution in [3.05, 3.63) is 92.1 Å². The molecule has 0 aliphatic rings. The molecule has 0 saturated heterocycles. The van der Waals surface area contributed by atoms with Crippen molar-refractivity contribution < 1.29 is 9.32 Å². The zero-order chi connectivity index (χ0) is 28.1. The molecule has 0 bridgehead atoms. The van der Waals surface area contributed by atoms with Crippen molar-refractivity contribution in [3.8, 4) is 22.5 Å². The Balaban J connectivity index is 1.67. The van der Waals surface area contributed by atoms with Gasteiger partial charge in [0, 0.05) is 36.3 Å². The summed E-state index contributed by atoms with van der Waals surface area (Å²) in [5.41, 5.74) is 4.41. The van der Waals surface area contributed by atoms with Crippen LogP contribution in [0, 0.1) is 6.92 Å². The van der Waals surface area contributed by atoms with Crippen molar-refractivity contribution in [2.45, 2.75) is 66.0 Å². The maximum absolute atomic E-state index is 13.7. The summed E-state index contributed by atoms with van der Waals surface area (Å²) >= 11 is 0. The van der Waals surface area contributed by atoms with Gasteiger partial charge >= 0.3 is 5.76 Å².